The number of rotatable bonds is 2. The second-order valence-corrected chi connectivity index (χ2v) is 3.82. The molecular weight excluding hydrogens is 226 g/mol. The van der Waals surface area contributed by atoms with E-state index in [1.54, 1.807) is 0 Å². The third-order valence-electron chi connectivity index (χ3n) is 2.26. The molecule has 0 spiro atoms. The van der Waals surface area contributed by atoms with Crippen LogP contribution in [0.2, 0.25) is 0 Å². The Morgan fingerprint density at radius 3 is 2.12 bits per heavy atom. The Bertz CT molecular complexity index is 387. The van der Waals surface area contributed by atoms with E-state index in [9.17, 15) is 17.6 Å². The summed E-state index contributed by atoms with van der Waals surface area (Å²) in [6.45, 7) is 3.05. The first kappa shape index (κ1) is 12.9. The van der Waals surface area contributed by atoms with Gasteiger partial charge < -0.3 is 0 Å². The molecule has 0 bridgehead atoms. The molecule has 6 heteroatoms. The summed E-state index contributed by atoms with van der Waals surface area (Å²) in [5, 5.41) is 0. The molecule has 0 atom stereocenters. The Labute approximate surface area is 90.0 Å². The molecule has 1 aromatic rings. The Morgan fingerprint density at radius 1 is 1.19 bits per heavy atom. The van der Waals surface area contributed by atoms with Crippen LogP contribution in [0.5, 0.6) is 0 Å². The van der Waals surface area contributed by atoms with E-state index in [1.165, 1.54) is 13.8 Å². The van der Waals surface area contributed by atoms with Gasteiger partial charge in [0, 0.05) is 0 Å². The van der Waals surface area contributed by atoms with Crippen molar-refractivity contribution >= 4 is 0 Å². The van der Waals surface area contributed by atoms with Crippen molar-refractivity contribution < 1.29 is 22.4 Å². The number of nitrogens with two attached hydrogens (primary N) is 1. The van der Waals surface area contributed by atoms with E-state index >= 15 is 0 Å². The number of hydrogen-bond acceptors (Lipinski definition) is 2. The number of benzene rings is 1. The van der Waals surface area contributed by atoms with Crippen LogP contribution in [0.25, 0.3) is 0 Å². The summed E-state index contributed by atoms with van der Waals surface area (Å²) < 4.78 is 50.0. The fraction of sp³-hybridized carbons (Fsp3) is 0.400. The number of halogens is 4. The third-order valence-corrected chi connectivity index (χ3v) is 2.26. The van der Waals surface area contributed by atoms with Crippen LogP contribution in [0.1, 0.15) is 25.0 Å². The van der Waals surface area contributed by atoms with E-state index < -0.39 is 23.2 Å². The Balaban J connectivity index is 3.20. The molecule has 0 aliphatic rings. The van der Waals surface area contributed by atoms with Crippen LogP contribution in [-0.4, -0.2) is 0 Å². The van der Waals surface area contributed by atoms with Crippen molar-refractivity contribution in [1.82, 2.24) is 0 Å². The topological polar surface area (TPSA) is 35.2 Å². The zero-order valence-electron chi connectivity index (χ0n) is 8.73. The summed E-state index contributed by atoms with van der Waals surface area (Å²) in [7, 11) is 0. The van der Waals surface area contributed by atoms with Gasteiger partial charge in [-0.05, 0) is 31.5 Å². The SMILES string of the molecule is CC(C)(ON)c1ccc(C(F)(F)F)c(F)c1. The minimum Gasteiger partial charge on any atom is -0.294 e. The molecule has 0 aliphatic heterocycles. The lowest BCUT2D eigenvalue weighted by atomic mass is 9.97. The van der Waals surface area contributed by atoms with E-state index in [0.717, 1.165) is 12.1 Å². The quantitative estimate of drug-likeness (QED) is 0.634. The summed E-state index contributed by atoms with van der Waals surface area (Å²) in [4.78, 5) is 4.56. The highest BCUT2D eigenvalue weighted by atomic mass is 19.4. The summed E-state index contributed by atoms with van der Waals surface area (Å²) in [6.07, 6.45) is -4.70. The van der Waals surface area contributed by atoms with Crippen molar-refractivity contribution in [3.63, 3.8) is 0 Å². The Kier molecular flexibility index (Phi) is 3.25. The van der Waals surface area contributed by atoms with Crippen molar-refractivity contribution in [2.24, 2.45) is 5.90 Å². The minimum atomic E-state index is -4.70. The second-order valence-electron chi connectivity index (χ2n) is 3.82. The molecule has 1 aromatic carbocycles. The molecule has 16 heavy (non-hydrogen) atoms. The highest BCUT2D eigenvalue weighted by Crippen LogP contribution is 2.33. The van der Waals surface area contributed by atoms with Crippen molar-refractivity contribution in [2.75, 3.05) is 0 Å². The molecule has 0 saturated carbocycles. The van der Waals surface area contributed by atoms with Crippen LogP contribution in [0.4, 0.5) is 17.6 Å². The standard InChI is InChI=1S/C10H11F4NO/c1-9(2,16-15)6-3-4-7(8(11)5-6)10(12,13)14/h3-5H,15H2,1-2H3. The van der Waals surface area contributed by atoms with Gasteiger partial charge in [0.2, 0.25) is 0 Å². The van der Waals surface area contributed by atoms with Crippen LogP contribution in [0.15, 0.2) is 18.2 Å². The van der Waals surface area contributed by atoms with Crippen molar-refractivity contribution in [1.29, 1.82) is 0 Å². The smallest absolute Gasteiger partial charge is 0.294 e. The molecule has 0 amide bonds. The first-order valence-electron chi connectivity index (χ1n) is 4.43. The van der Waals surface area contributed by atoms with Crippen LogP contribution in [-0.2, 0) is 16.6 Å². The summed E-state index contributed by atoms with van der Waals surface area (Å²) in [6, 6.07) is 2.58. The lowest BCUT2D eigenvalue weighted by Gasteiger charge is -2.22. The average molecular weight is 237 g/mol. The van der Waals surface area contributed by atoms with Crippen molar-refractivity contribution in [2.45, 2.75) is 25.6 Å². The average Bonchev–Trinajstić information content (AvgIpc) is 2.15. The van der Waals surface area contributed by atoms with Crippen molar-refractivity contribution in [3.05, 3.63) is 35.1 Å². The van der Waals surface area contributed by atoms with E-state index in [0.29, 0.717) is 6.07 Å². The minimum absolute atomic E-state index is 0.237. The van der Waals surface area contributed by atoms with Gasteiger partial charge in [0.15, 0.2) is 0 Å². The van der Waals surface area contributed by atoms with Gasteiger partial charge >= 0.3 is 6.18 Å². The lowest BCUT2D eigenvalue weighted by molar-refractivity contribution is -0.140. The van der Waals surface area contributed by atoms with Crippen LogP contribution < -0.4 is 5.90 Å². The van der Waals surface area contributed by atoms with Crippen LogP contribution in [0.3, 0.4) is 0 Å². The van der Waals surface area contributed by atoms with Gasteiger partial charge in [-0.1, -0.05) is 6.07 Å². The van der Waals surface area contributed by atoms with Crippen LogP contribution in [0, 0.1) is 5.82 Å². The van der Waals surface area contributed by atoms with E-state index in [-0.39, 0.29) is 5.56 Å². The van der Waals surface area contributed by atoms with E-state index in [2.05, 4.69) is 4.84 Å². The predicted molar refractivity (Wildman–Crippen MR) is 49.7 cm³/mol. The third kappa shape index (κ3) is 2.51. The van der Waals surface area contributed by atoms with Gasteiger partial charge in [-0.2, -0.15) is 13.2 Å². The monoisotopic (exact) mass is 237 g/mol. The maximum atomic E-state index is 13.2. The van der Waals surface area contributed by atoms with Gasteiger partial charge in [0.05, 0.1) is 5.56 Å². The van der Waals surface area contributed by atoms with Gasteiger partial charge in [0.1, 0.15) is 11.4 Å². The van der Waals surface area contributed by atoms with E-state index in [1.807, 2.05) is 0 Å². The number of hydrogen-bond donors (Lipinski definition) is 1. The molecule has 2 nitrogen and oxygen atoms in total. The first-order chi connectivity index (χ1) is 7.18. The van der Waals surface area contributed by atoms with Gasteiger partial charge in [0.25, 0.3) is 0 Å². The van der Waals surface area contributed by atoms with Crippen molar-refractivity contribution in [3.8, 4) is 0 Å². The molecule has 0 unspecified atom stereocenters. The summed E-state index contributed by atoms with van der Waals surface area (Å²) in [5.41, 5.74) is -2.10. The molecule has 0 aliphatic carbocycles. The Morgan fingerprint density at radius 2 is 1.75 bits per heavy atom. The zero-order valence-corrected chi connectivity index (χ0v) is 8.73. The number of alkyl halides is 3. The molecular formula is C10H11F4NO. The highest BCUT2D eigenvalue weighted by molar-refractivity contribution is 5.29. The maximum absolute atomic E-state index is 13.2. The Hall–Kier alpha value is -1.14. The molecule has 0 radical (unpaired) electrons. The highest BCUT2D eigenvalue weighted by Gasteiger charge is 2.35. The first-order valence-corrected chi connectivity index (χ1v) is 4.43. The van der Waals surface area contributed by atoms with Crippen LogP contribution >= 0.6 is 0 Å². The molecule has 2 N–H and O–H groups in total. The normalized spacial score (nSPS) is 12.9. The summed E-state index contributed by atoms with van der Waals surface area (Å²) in [5.74, 6) is 3.63. The molecule has 0 aromatic heterocycles. The van der Waals surface area contributed by atoms with Gasteiger partial charge in [-0.15, -0.1) is 0 Å². The summed E-state index contributed by atoms with van der Waals surface area (Å²) >= 11 is 0. The predicted octanol–water partition coefficient (Wildman–Crippen LogP) is 2.97. The molecule has 0 saturated heterocycles. The molecule has 0 fully saturated rings. The molecule has 90 valence electrons. The van der Waals surface area contributed by atoms with Gasteiger partial charge in [-0.3, -0.25) is 4.84 Å². The fourth-order valence-corrected chi connectivity index (χ4v) is 1.19. The molecule has 1 rings (SSSR count). The fourth-order valence-electron chi connectivity index (χ4n) is 1.19. The van der Waals surface area contributed by atoms with Gasteiger partial charge in [-0.25, -0.2) is 10.3 Å². The molecule has 0 heterocycles. The lowest BCUT2D eigenvalue weighted by Crippen LogP contribution is -2.25. The largest absolute Gasteiger partial charge is 0.419 e. The zero-order chi connectivity index (χ0) is 12.6. The second kappa shape index (κ2) is 4.03. The van der Waals surface area contributed by atoms with E-state index in [4.69, 9.17) is 5.90 Å². The maximum Gasteiger partial charge on any atom is 0.419 e.